The first-order valence-corrected chi connectivity index (χ1v) is 5.91. The third-order valence-electron chi connectivity index (χ3n) is 2.63. The zero-order valence-corrected chi connectivity index (χ0v) is 11.7. The van der Waals surface area contributed by atoms with Gasteiger partial charge in [-0.3, -0.25) is 4.79 Å². The molecule has 4 nitrogen and oxygen atoms in total. The maximum atomic E-state index is 11.9. The van der Waals surface area contributed by atoms with Crippen molar-refractivity contribution in [2.75, 3.05) is 14.2 Å². The fourth-order valence-corrected chi connectivity index (χ4v) is 1.60. The lowest BCUT2D eigenvalue weighted by Crippen LogP contribution is -2.42. The highest BCUT2D eigenvalue weighted by molar-refractivity contribution is 5.80. The molecule has 102 valence electrons. The van der Waals surface area contributed by atoms with Crippen molar-refractivity contribution in [1.29, 1.82) is 0 Å². The highest BCUT2D eigenvalue weighted by Gasteiger charge is 2.17. The Hall–Kier alpha value is -2.15. The fraction of sp³-hybridized carbons (Fsp3) is 0.400. The van der Waals surface area contributed by atoms with Gasteiger partial charge in [-0.2, -0.15) is 0 Å². The van der Waals surface area contributed by atoms with Crippen LogP contribution >= 0.6 is 0 Å². The summed E-state index contributed by atoms with van der Waals surface area (Å²) >= 11 is 0. The molecule has 0 fully saturated rings. The largest absolute Gasteiger partial charge is 0.493 e. The summed E-state index contributed by atoms with van der Waals surface area (Å²) in [5, 5.41) is 2.77. The maximum absolute atomic E-state index is 11.9. The highest BCUT2D eigenvalue weighted by atomic mass is 16.5. The summed E-state index contributed by atoms with van der Waals surface area (Å²) in [7, 11) is 3.13. The number of ether oxygens (including phenoxy) is 2. The summed E-state index contributed by atoms with van der Waals surface area (Å²) in [6, 6.07) is 5.37. The van der Waals surface area contributed by atoms with E-state index >= 15 is 0 Å². The molecule has 1 rings (SSSR count). The SMILES string of the molecule is C#CC(C)(C)NC(=O)Cc1ccc(OC)c(OC)c1. The minimum atomic E-state index is -0.645. The van der Waals surface area contributed by atoms with E-state index in [9.17, 15) is 4.79 Å². The third kappa shape index (κ3) is 4.22. The lowest BCUT2D eigenvalue weighted by molar-refractivity contribution is -0.121. The predicted molar refractivity (Wildman–Crippen MR) is 74.3 cm³/mol. The smallest absolute Gasteiger partial charge is 0.225 e. The first-order chi connectivity index (χ1) is 8.91. The Morgan fingerprint density at radius 3 is 2.47 bits per heavy atom. The van der Waals surface area contributed by atoms with Gasteiger partial charge in [-0.05, 0) is 31.5 Å². The van der Waals surface area contributed by atoms with Crippen molar-refractivity contribution in [3.63, 3.8) is 0 Å². The van der Waals surface area contributed by atoms with Gasteiger partial charge in [0.1, 0.15) is 0 Å². The van der Waals surface area contributed by atoms with Crippen LogP contribution in [-0.2, 0) is 11.2 Å². The number of hydrogen-bond acceptors (Lipinski definition) is 3. The van der Waals surface area contributed by atoms with Crippen molar-refractivity contribution in [2.45, 2.75) is 25.8 Å². The molecule has 0 aromatic heterocycles. The van der Waals surface area contributed by atoms with Gasteiger partial charge in [0.05, 0.1) is 26.2 Å². The van der Waals surface area contributed by atoms with Crippen molar-refractivity contribution >= 4 is 5.91 Å². The van der Waals surface area contributed by atoms with Gasteiger partial charge in [0.2, 0.25) is 5.91 Å². The number of methoxy groups -OCH3 is 2. The minimum absolute atomic E-state index is 0.129. The average molecular weight is 261 g/mol. The van der Waals surface area contributed by atoms with Crippen LogP contribution in [0, 0.1) is 12.3 Å². The Bertz CT molecular complexity index is 501. The number of terminal acetylenes is 1. The normalized spacial score (nSPS) is 10.5. The summed E-state index contributed by atoms with van der Waals surface area (Å²) in [6.07, 6.45) is 5.57. The highest BCUT2D eigenvalue weighted by Crippen LogP contribution is 2.27. The number of carbonyl (C=O) groups excluding carboxylic acids is 1. The maximum Gasteiger partial charge on any atom is 0.225 e. The van der Waals surface area contributed by atoms with Crippen molar-refractivity contribution in [3.8, 4) is 23.8 Å². The zero-order valence-electron chi connectivity index (χ0n) is 11.7. The van der Waals surface area contributed by atoms with E-state index < -0.39 is 5.54 Å². The molecule has 0 aliphatic carbocycles. The van der Waals surface area contributed by atoms with Crippen LogP contribution in [0.5, 0.6) is 11.5 Å². The number of amides is 1. The van der Waals surface area contributed by atoms with Crippen molar-refractivity contribution in [3.05, 3.63) is 23.8 Å². The molecule has 0 aliphatic rings. The molecule has 1 amide bonds. The Kier molecular flexibility index (Phi) is 4.82. The Morgan fingerprint density at radius 2 is 1.95 bits per heavy atom. The summed E-state index contributed by atoms with van der Waals surface area (Å²) in [6.45, 7) is 3.55. The topological polar surface area (TPSA) is 47.6 Å². The van der Waals surface area contributed by atoms with Gasteiger partial charge in [0.15, 0.2) is 11.5 Å². The number of rotatable bonds is 5. The van der Waals surface area contributed by atoms with Crippen LogP contribution in [-0.4, -0.2) is 25.7 Å². The van der Waals surface area contributed by atoms with Crippen LogP contribution in [0.2, 0.25) is 0 Å². The monoisotopic (exact) mass is 261 g/mol. The molecule has 0 atom stereocenters. The molecule has 1 aromatic carbocycles. The molecule has 1 aromatic rings. The van der Waals surface area contributed by atoms with Crippen molar-refractivity contribution in [1.82, 2.24) is 5.32 Å². The van der Waals surface area contributed by atoms with E-state index in [1.165, 1.54) is 0 Å². The molecule has 0 heterocycles. The zero-order chi connectivity index (χ0) is 14.5. The van der Waals surface area contributed by atoms with Gasteiger partial charge in [-0.15, -0.1) is 6.42 Å². The summed E-state index contributed by atoms with van der Waals surface area (Å²) in [4.78, 5) is 11.9. The molecule has 0 aliphatic heterocycles. The van der Waals surface area contributed by atoms with Crippen LogP contribution in [0.15, 0.2) is 18.2 Å². The lowest BCUT2D eigenvalue weighted by Gasteiger charge is -2.19. The van der Waals surface area contributed by atoms with E-state index in [0.29, 0.717) is 11.5 Å². The molecule has 0 spiro atoms. The van der Waals surface area contributed by atoms with Gasteiger partial charge in [0.25, 0.3) is 0 Å². The second-order valence-electron chi connectivity index (χ2n) is 4.68. The van der Waals surface area contributed by atoms with E-state index in [1.54, 1.807) is 40.2 Å². The average Bonchev–Trinajstić information content (AvgIpc) is 2.37. The molecule has 0 saturated heterocycles. The Balaban J connectivity index is 2.78. The fourth-order valence-electron chi connectivity index (χ4n) is 1.60. The second-order valence-corrected chi connectivity index (χ2v) is 4.68. The van der Waals surface area contributed by atoms with E-state index in [0.717, 1.165) is 5.56 Å². The molecule has 0 saturated carbocycles. The van der Waals surface area contributed by atoms with Gasteiger partial charge < -0.3 is 14.8 Å². The van der Waals surface area contributed by atoms with Gasteiger partial charge in [-0.25, -0.2) is 0 Å². The third-order valence-corrected chi connectivity index (χ3v) is 2.63. The van der Waals surface area contributed by atoms with Crippen molar-refractivity contribution < 1.29 is 14.3 Å². The van der Waals surface area contributed by atoms with E-state index in [-0.39, 0.29) is 12.3 Å². The van der Waals surface area contributed by atoms with Crippen LogP contribution in [0.4, 0.5) is 0 Å². The minimum Gasteiger partial charge on any atom is -0.493 e. The van der Waals surface area contributed by atoms with Crippen LogP contribution in [0.3, 0.4) is 0 Å². The lowest BCUT2D eigenvalue weighted by atomic mass is 10.1. The molecule has 0 bridgehead atoms. The molecular weight excluding hydrogens is 242 g/mol. The summed E-state index contributed by atoms with van der Waals surface area (Å²) in [5.41, 5.74) is 0.191. The molecule has 4 heteroatoms. The summed E-state index contributed by atoms with van der Waals surface area (Å²) < 4.78 is 10.3. The Morgan fingerprint density at radius 1 is 1.32 bits per heavy atom. The number of nitrogens with one attached hydrogen (secondary N) is 1. The molecule has 0 unspecified atom stereocenters. The summed E-state index contributed by atoms with van der Waals surface area (Å²) in [5.74, 6) is 3.63. The first kappa shape index (κ1) is 14.9. The second kappa shape index (κ2) is 6.14. The number of carbonyl (C=O) groups is 1. The Labute approximate surface area is 114 Å². The number of benzene rings is 1. The predicted octanol–water partition coefficient (Wildman–Crippen LogP) is 1.77. The first-order valence-electron chi connectivity index (χ1n) is 5.91. The molecular formula is C15H19NO3. The number of hydrogen-bond donors (Lipinski definition) is 1. The molecule has 1 N–H and O–H groups in total. The van der Waals surface area contributed by atoms with Gasteiger partial charge in [0, 0.05) is 0 Å². The molecule has 19 heavy (non-hydrogen) atoms. The van der Waals surface area contributed by atoms with E-state index in [1.807, 2.05) is 6.07 Å². The quantitative estimate of drug-likeness (QED) is 0.822. The van der Waals surface area contributed by atoms with Crippen LogP contribution in [0.1, 0.15) is 19.4 Å². The van der Waals surface area contributed by atoms with E-state index in [4.69, 9.17) is 15.9 Å². The van der Waals surface area contributed by atoms with Crippen LogP contribution < -0.4 is 14.8 Å². The van der Waals surface area contributed by atoms with Gasteiger partial charge in [-0.1, -0.05) is 12.0 Å². The van der Waals surface area contributed by atoms with Gasteiger partial charge >= 0.3 is 0 Å². The standard InChI is InChI=1S/C15H19NO3/c1-6-15(2,3)16-14(17)10-11-7-8-12(18-4)13(9-11)19-5/h1,7-9H,10H2,2-5H3,(H,16,17). The van der Waals surface area contributed by atoms with Crippen LogP contribution in [0.25, 0.3) is 0 Å². The molecule has 0 radical (unpaired) electrons. The van der Waals surface area contributed by atoms with Crippen molar-refractivity contribution in [2.24, 2.45) is 0 Å². The van der Waals surface area contributed by atoms with E-state index in [2.05, 4.69) is 11.2 Å².